The summed E-state index contributed by atoms with van der Waals surface area (Å²) in [5.41, 5.74) is 16.5. The molecule has 0 saturated carbocycles. The summed E-state index contributed by atoms with van der Waals surface area (Å²) in [4.78, 5) is 14.9. The summed E-state index contributed by atoms with van der Waals surface area (Å²) in [6, 6.07) is 81.1. The summed E-state index contributed by atoms with van der Waals surface area (Å²) in [5, 5.41) is 4.77. The molecular weight excluding hydrogens is 763 g/mol. The monoisotopic (exact) mass is 801 g/mol. The molecule has 11 aromatic rings. The first-order chi connectivity index (χ1) is 31.2. The maximum Gasteiger partial charge on any atom is 0.161 e. The molecular formula is C60H39N3. The van der Waals surface area contributed by atoms with Gasteiger partial charge in [-0.1, -0.05) is 200 Å². The molecule has 0 spiro atoms. The number of hydrogen-bond donors (Lipinski definition) is 0. The van der Waals surface area contributed by atoms with Crippen LogP contribution in [0.25, 0.3) is 88.8 Å². The summed E-state index contributed by atoms with van der Waals surface area (Å²) in [7, 11) is 0. The van der Waals surface area contributed by atoms with Crippen LogP contribution >= 0.6 is 0 Å². The SMILES string of the molecule is c1ccc(-c2cc(-c3ccc(-c4cccnc4)cc3)nc(-c3ccc(-c4ccc5c(c4)C(c4ccccc4)(c4ccccc4)c4c-5ccc5ccccc45)c4ccccc34)n2)cc1. The molecule has 0 fully saturated rings. The van der Waals surface area contributed by atoms with E-state index in [-0.39, 0.29) is 0 Å². The molecule has 294 valence electrons. The van der Waals surface area contributed by atoms with Gasteiger partial charge < -0.3 is 0 Å². The molecule has 9 aromatic carbocycles. The molecule has 2 heterocycles. The number of pyridine rings is 1. The Labute approximate surface area is 366 Å². The Balaban J connectivity index is 1.05. The van der Waals surface area contributed by atoms with Crippen LogP contribution in [0, 0.1) is 0 Å². The van der Waals surface area contributed by atoms with Crippen LogP contribution in [0.5, 0.6) is 0 Å². The Hall–Kier alpha value is -8.27. The van der Waals surface area contributed by atoms with Crippen molar-refractivity contribution < 1.29 is 0 Å². The molecule has 0 bridgehead atoms. The van der Waals surface area contributed by atoms with Crippen LogP contribution < -0.4 is 0 Å². The van der Waals surface area contributed by atoms with Crippen molar-refractivity contribution in [1.82, 2.24) is 15.0 Å². The largest absolute Gasteiger partial charge is 0.264 e. The van der Waals surface area contributed by atoms with Gasteiger partial charge in [-0.05, 0) is 101 Å². The van der Waals surface area contributed by atoms with Crippen molar-refractivity contribution in [1.29, 1.82) is 0 Å². The van der Waals surface area contributed by atoms with Crippen molar-refractivity contribution in [2.45, 2.75) is 5.41 Å². The number of fused-ring (bicyclic) bond motifs is 6. The molecule has 0 radical (unpaired) electrons. The minimum Gasteiger partial charge on any atom is -0.264 e. The highest BCUT2D eigenvalue weighted by Crippen LogP contribution is 2.59. The average molecular weight is 802 g/mol. The summed E-state index contributed by atoms with van der Waals surface area (Å²) < 4.78 is 0. The number of benzene rings is 9. The maximum absolute atomic E-state index is 5.31. The van der Waals surface area contributed by atoms with Gasteiger partial charge in [0.2, 0.25) is 0 Å². The zero-order valence-corrected chi connectivity index (χ0v) is 34.4. The van der Waals surface area contributed by atoms with Gasteiger partial charge in [-0.3, -0.25) is 4.98 Å². The first-order valence-electron chi connectivity index (χ1n) is 21.5. The Kier molecular flexibility index (Phi) is 8.72. The second kappa shape index (κ2) is 15.0. The molecule has 0 aliphatic heterocycles. The topological polar surface area (TPSA) is 38.7 Å². The molecule has 0 N–H and O–H groups in total. The predicted molar refractivity (Wildman–Crippen MR) is 259 cm³/mol. The second-order valence-corrected chi connectivity index (χ2v) is 16.3. The van der Waals surface area contributed by atoms with Gasteiger partial charge in [-0.2, -0.15) is 0 Å². The zero-order chi connectivity index (χ0) is 41.7. The van der Waals surface area contributed by atoms with E-state index in [1.165, 1.54) is 49.7 Å². The van der Waals surface area contributed by atoms with Crippen LogP contribution in [0.15, 0.2) is 237 Å². The summed E-state index contributed by atoms with van der Waals surface area (Å²) in [6.45, 7) is 0. The van der Waals surface area contributed by atoms with Crippen molar-refractivity contribution in [3.05, 3.63) is 259 Å². The Morgan fingerprint density at radius 1 is 0.333 bits per heavy atom. The van der Waals surface area contributed by atoms with Crippen molar-refractivity contribution in [2.75, 3.05) is 0 Å². The molecule has 12 rings (SSSR count). The minimum absolute atomic E-state index is 0.544. The molecule has 0 saturated heterocycles. The quantitative estimate of drug-likeness (QED) is 0.161. The van der Waals surface area contributed by atoms with Crippen LogP contribution in [0.4, 0.5) is 0 Å². The van der Waals surface area contributed by atoms with Crippen molar-refractivity contribution in [3.8, 4) is 67.3 Å². The molecule has 1 aliphatic rings. The third kappa shape index (κ3) is 6.01. The zero-order valence-electron chi connectivity index (χ0n) is 34.4. The lowest BCUT2D eigenvalue weighted by Crippen LogP contribution is -2.28. The number of hydrogen-bond acceptors (Lipinski definition) is 3. The molecule has 0 amide bonds. The van der Waals surface area contributed by atoms with Crippen molar-refractivity contribution >= 4 is 21.5 Å². The van der Waals surface area contributed by atoms with Crippen LogP contribution in [-0.2, 0) is 5.41 Å². The minimum atomic E-state index is -0.544. The van der Waals surface area contributed by atoms with Crippen LogP contribution in [-0.4, -0.2) is 15.0 Å². The third-order valence-corrected chi connectivity index (χ3v) is 12.9. The van der Waals surface area contributed by atoms with Gasteiger partial charge in [0.15, 0.2) is 5.82 Å². The van der Waals surface area contributed by atoms with Gasteiger partial charge in [0, 0.05) is 29.1 Å². The van der Waals surface area contributed by atoms with Gasteiger partial charge in [0.25, 0.3) is 0 Å². The average Bonchev–Trinajstić information content (AvgIpc) is 3.68. The number of rotatable bonds is 7. The number of nitrogens with zero attached hydrogens (tertiary/aromatic N) is 3. The third-order valence-electron chi connectivity index (χ3n) is 12.9. The Morgan fingerprint density at radius 2 is 0.857 bits per heavy atom. The van der Waals surface area contributed by atoms with E-state index in [1.54, 1.807) is 6.20 Å². The molecule has 3 heteroatoms. The molecule has 0 atom stereocenters. The van der Waals surface area contributed by atoms with E-state index < -0.39 is 5.41 Å². The molecule has 1 aliphatic carbocycles. The van der Waals surface area contributed by atoms with E-state index in [4.69, 9.17) is 9.97 Å². The molecule has 63 heavy (non-hydrogen) atoms. The Bertz CT molecular complexity index is 3430. The fourth-order valence-electron chi connectivity index (χ4n) is 10.0. The second-order valence-electron chi connectivity index (χ2n) is 16.3. The summed E-state index contributed by atoms with van der Waals surface area (Å²) in [6.07, 6.45) is 3.70. The predicted octanol–water partition coefficient (Wildman–Crippen LogP) is 14.9. The van der Waals surface area contributed by atoms with E-state index in [2.05, 4.69) is 217 Å². The highest BCUT2D eigenvalue weighted by Gasteiger charge is 2.47. The fraction of sp³-hybridized carbons (Fsp3) is 0.0167. The first kappa shape index (κ1) is 36.6. The van der Waals surface area contributed by atoms with Crippen molar-refractivity contribution in [2.24, 2.45) is 0 Å². The van der Waals surface area contributed by atoms with Crippen LogP contribution in [0.1, 0.15) is 22.3 Å². The molecule has 2 aromatic heterocycles. The number of aromatic nitrogens is 3. The van der Waals surface area contributed by atoms with Gasteiger partial charge in [0.1, 0.15) is 0 Å². The summed E-state index contributed by atoms with van der Waals surface area (Å²) >= 11 is 0. The smallest absolute Gasteiger partial charge is 0.161 e. The lowest BCUT2D eigenvalue weighted by Gasteiger charge is -2.35. The Morgan fingerprint density at radius 3 is 1.54 bits per heavy atom. The van der Waals surface area contributed by atoms with Crippen molar-refractivity contribution in [3.63, 3.8) is 0 Å². The van der Waals surface area contributed by atoms with Gasteiger partial charge in [0.05, 0.1) is 16.8 Å². The van der Waals surface area contributed by atoms with E-state index in [9.17, 15) is 0 Å². The fourth-order valence-corrected chi connectivity index (χ4v) is 10.0. The normalized spacial score (nSPS) is 12.6. The highest BCUT2D eigenvalue weighted by atomic mass is 14.9. The standard InChI is InChI=1S/C60H39N3/c1-4-16-42(17-5-1)56-38-57(43-28-26-40(27-29-43)45-18-14-36-61-39-45)63-59(62-56)54-35-34-48(50-24-12-13-25-51(50)54)44-31-32-52-53-33-30-41-15-10-11-23-49(41)58(53)60(55(52)37-44,46-19-6-2-7-20-46)47-21-8-3-9-22-47/h1-39H. The summed E-state index contributed by atoms with van der Waals surface area (Å²) in [5.74, 6) is 0.689. The van der Waals surface area contributed by atoms with E-state index in [0.717, 1.165) is 55.5 Å². The highest BCUT2D eigenvalue weighted by molar-refractivity contribution is 6.06. The maximum atomic E-state index is 5.31. The first-order valence-corrected chi connectivity index (χ1v) is 21.5. The van der Waals surface area contributed by atoms with Gasteiger partial charge >= 0.3 is 0 Å². The van der Waals surface area contributed by atoms with E-state index >= 15 is 0 Å². The lowest BCUT2D eigenvalue weighted by atomic mass is 9.66. The van der Waals surface area contributed by atoms with Crippen LogP contribution in [0.2, 0.25) is 0 Å². The van der Waals surface area contributed by atoms with Gasteiger partial charge in [-0.15, -0.1) is 0 Å². The van der Waals surface area contributed by atoms with E-state index in [0.29, 0.717) is 5.82 Å². The lowest BCUT2D eigenvalue weighted by molar-refractivity contribution is 0.776. The van der Waals surface area contributed by atoms with E-state index in [1.807, 2.05) is 18.3 Å². The van der Waals surface area contributed by atoms with Crippen LogP contribution in [0.3, 0.4) is 0 Å². The van der Waals surface area contributed by atoms with Gasteiger partial charge in [-0.25, -0.2) is 9.97 Å². The molecule has 0 unspecified atom stereocenters. The molecule has 3 nitrogen and oxygen atoms in total.